The van der Waals surface area contributed by atoms with Crippen LogP contribution in [0.3, 0.4) is 0 Å². The molecule has 0 saturated carbocycles. The average Bonchev–Trinajstić information content (AvgIpc) is 2.50. The van der Waals surface area contributed by atoms with E-state index < -0.39 is 5.97 Å². The molecule has 104 valence electrons. The van der Waals surface area contributed by atoms with Crippen molar-refractivity contribution in [1.82, 2.24) is 0 Å². The van der Waals surface area contributed by atoms with Gasteiger partial charge in [0.25, 0.3) is 0 Å². The highest BCUT2D eigenvalue weighted by Gasteiger charge is 2.24. The quantitative estimate of drug-likeness (QED) is 0.520. The highest BCUT2D eigenvalue weighted by Crippen LogP contribution is 2.25. The van der Waals surface area contributed by atoms with Crippen molar-refractivity contribution in [2.45, 2.75) is 6.92 Å². The first kappa shape index (κ1) is 13.9. The number of allylic oxidation sites excluding steroid dienone is 2. The van der Waals surface area contributed by atoms with Crippen LogP contribution < -0.4 is 0 Å². The zero-order chi connectivity index (χ0) is 14.4. The normalized spacial score (nSPS) is 14.9. The third-order valence-electron chi connectivity index (χ3n) is 2.73. The number of hydrogen-bond donors (Lipinski definition) is 1. The molecule has 4 nitrogen and oxygen atoms in total. The topological polar surface area (TPSA) is 55.8 Å². The Labute approximate surface area is 117 Å². The van der Waals surface area contributed by atoms with Crippen LogP contribution in [-0.4, -0.2) is 24.3 Å². The van der Waals surface area contributed by atoms with Gasteiger partial charge in [0.1, 0.15) is 23.7 Å². The zero-order valence-electron chi connectivity index (χ0n) is 11.2. The van der Waals surface area contributed by atoms with Crippen molar-refractivity contribution >= 4 is 11.7 Å². The first-order valence-electron chi connectivity index (χ1n) is 6.39. The number of aliphatic hydroxyl groups is 1. The summed E-state index contributed by atoms with van der Waals surface area (Å²) in [6, 6.07) is 8.83. The van der Waals surface area contributed by atoms with Crippen molar-refractivity contribution in [2.24, 2.45) is 0 Å². The predicted molar refractivity (Wildman–Crippen MR) is 75.8 cm³/mol. The van der Waals surface area contributed by atoms with Gasteiger partial charge in [-0.15, -0.1) is 0 Å². The van der Waals surface area contributed by atoms with Gasteiger partial charge in [-0.3, -0.25) is 0 Å². The molecule has 1 aliphatic rings. The van der Waals surface area contributed by atoms with Crippen LogP contribution in [0.2, 0.25) is 0 Å². The second-order valence-electron chi connectivity index (χ2n) is 4.08. The zero-order valence-corrected chi connectivity index (χ0v) is 11.2. The number of esters is 1. The molecule has 20 heavy (non-hydrogen) atoms. The molecule has 0 amide bonds. The minimum atomic E-state index is -0.601. The number of carbonyl (C=O) groups is 1. The minimum absolute atomic E-state index is 0.0439. The van der Waals surface area contributed by atoms with Gasteiger partial charge in [0.05, 0.1) is 6.61 Å². The van der Waals surface area contributed by atoms with Gasteiger partial charge in [-0.25, -0.2) is 4.79 Å². The third-order valence-corrected chi connectivity index (χ3v) is 2.73. The summed E-state index contributed by atoms with van der Waals surface area (Å²) in [5, 5.41) is 10.4. The number of rotatable bonds is 4. The molecule has 1 aromatic rings. The van der Waals surface area contributed by atoms with Crippen molar-refractivity contribution in [3.05, 3.63) is 65.5 Å². The van der Waals surface area contributed by atoms with Gasteiger partial charge < -0.3 is 14.6 Å². The molecule has 1 aromatic carbocycles. The summed E-state index contributed by atoms with van der Waals surface area (Å²) in [5.74, 6) is -0.437. The lowest BCUT2D eigenvalue weighted by molar-refractivity contribution is -0.138. The van der Waals surface area contributed by atoms with E-state index >= 15 is 0 Å². The van der Waals surface area contributed by atoms with Gasteiger partial charge in [-0.2, -0.15) is 0 Å². The summed E-state index contributed by atoms with van der Waals surface area (Å²) in [7, 11) is 0. The Hall–Kier alpha value is -2.49. The van der Waals surface area contributed by atoms with Crippen LogP contribution in [0.5, 0.6) is 0 Å². The molecule has 1 heterocycles. The third kappa shape index (κ3) is 3.09. The Morgan fingerprint density at radius 1 is 1.35 bits per heavy atom. The molecule has 1 aliphatic heterocycles. The van der Waals surface area contributed by atoms with Gasteiger partial charge in [-0.1, -0.05) is 36.4 Å². The van der Waals surface area contributed by atoms with Gasteiger partial charge in [0, 0.05) is 5.56 Å². The summed E-state index contributed by atoms with van der Waals surface area (Å²) in [4.78, 5) is 12.1. The molecule has 0 saturated heterocycles. The lowest BCUT2D eigenvalue weighted by atomic mass is 10.1. The maximum atomic E-state index is 12.1. The Morgan fingerprint density at radius 2 is 2.10 bits per heavy atom. The summed E-state index contributed by atoms with van der Waals surface area (Å²) in [6.07, 6.45) is 5.22. The second-order valence-corrected chi connectivity index (χ2v) is 4.08. The Morgan fingerprint density at radius 3 is 2.70 bits per heavy atom. The van der Waals surface area contributed by atoms with Gasteiger partial charge in [0.2, 0.25) is 0 Å². The maximum Gasteiger partial charge on any atom is 0.345 e. The van der Waals surface area contributed by atoms with E-state index in [1.54, 1.807) is 43.3 Å². The largest absolute Gasteiger partial charge is 0.506 e. The molecular weight excluding hydrogens is 256 g/mol. The van der Waals surface area contributed by atoms with Crippen molar-refractivity contribution in [3.8, 4) is 0 Å². The molecule has 4 heteroatoms. The molecule has 0 spiro atoms. The molecule has 0 radical (unpaired) electrons. The van der Waals surface area contributed by atoms with Crippen LogP contribution in [0.15, 0.2) is 59.9 Å². The van der Waals surface area contributed by atoms with Crippen molar-refractivity contribution < 1.29 is 19.4 Å². The van der Waals surface area contributed by atoms with E-state index in [9.17, 15) is 9.90 Å². The van der Waals surface area contributed by atoms with E-state index in [2.05, 4.69) is 0 Å². The van der Waals surface area contributed by atoms with Crippen LogP contribution in [0.25, 0.3) is 5.76 Å². The lowest BCUT2D eigenvalue weighted by Gasteiger charge is -2.15. The van der Waals surface area contributed by atoms with E-state index in [-0.39, 0.29) is 17.9 Å². The van der Waals surface area contributed by atoms with Crippen molar-refractivity contribution in [2.75, 3.05) is 13.2 Å². The Balaban J connectivity index is 2.48. The van der Waals surface area contributed by atoms with Crippen molar-refractivity contribution in [1.29, 1.82) is 0 Å². The van der Waals surface area contributed by atoms with Crippen LogP contribution in [-0.2, 0) is 14.3 Å². The number of hydrogen-bond acceptors (Lipinski definition) is 4. The van der Waals surface area contributed by atoms with Crippen LogP contribution in [0, 0.1) is 0 Å². The molecule has 0 fully saturated rings. The molecular formula is C16H16O4. The number of ether oxygens (including phenoxy) is 2. The first-order chi connectivity index (χ1) is 9.74. The van der Waals surface area contributed by atoms with Crippen LogP contribution in [0.4, 0.5) is 0 Å². The predicted octanol–water partition coefficient (Wildman–Crippen LogP) is 2.99. The Kier molecular flexibility index (Phi) is 4.60. The van der Waals surface area contributed by atoms with Crippen molar-refractivity contribution in [3.63, 3.8) is 0 Å². The summed E-state index contributed by atoms with van der Waals surface area (Å²) in [6.45, 7) is 2.30. The molecule has 0 unspecified atom stereocenters. The van der Waals surface area contributed by atoms with Crippen LogP contribution in [0.1, 0.15) is 12.5 Å². The molecule has 0 atom stereocenters. The molecule has 0 aliphatic carbocycles. The molecule has 2 rings (SSSR count). The van der Waals surface area contributed by atoms with E-state index in [1.165, 1.54) is 0 Å². The van der Waals surface area contributed by atoms with E-state index in [4.69, 9.17) is 9.47 Å². The van der Waals surface area contributed by atoms with E-state index in [0.29, 0.717) is 17.9 Å². The second kappa shape index (κ2) is 6.61. The molecule has 0 bridgehead atoms. The fourth-order valence-electron chi connectivity index (χ4n) is 1.81. The van der Waals surface area contributed by atoms with Gasteiger partial charge in [0.15, 0.2) is 0 Å². The molecule has 0 aromatic heterocycles. The summed E-state index contributed by atoms with van der Waals surface area (Å²) >= 11 is 0. The monoisotopic (exact) mass is 272 g/mol. The molecule has 1 N–H and O–H groups in total. The average molecular weight is 272 g/mol. The first-order valence-corrected chi connectivity index (χ1v) is 6.39. The van der Waals surface area contributed by atoms with E-state index in [0.717, 1.165) is 0 Å². The van der Waals surface area contributed by atoms with Gasteiger partial charge in [-0.05, 0) is 19.1 Å². The van der Waals surface area contributed by atoms with E-state index in [1.807, 2.05) is 12.1 Å². The fraction of sp³-hybridized carbons (Fsp3) is 0.188. The smallest absolute Gasteiger partial charge is 0.345 e. The number of carbonyl (C=O) groups excluding carboxylic acids is 1. The van der Waals surface area contributed by atoms with Crippen LogP contribution >= 0.6 is 0 Å². The number of aliphatic hydroxyl groups excluding tert-OH is 1. The highest BCUT2D eigenvalue weighted by atomic mass is 16.5. The fourth-order valence-corrected chi connectivity index (χ4v) is 1.81. The van der Waals surface area contributed by atoms with Gasteiger partial charge >= 0.3 is 5.97 Å². The minimum Gasteiger partial charge on any atom is -0.506 e. The highest BCUT2D eigenvalue weighted by molar-refractivity contribution is 6.00. The standard InChI is InChI=1S/C16H16O4/c1-2-19-16(18)14(13-10-6-7-11-20-13)15(17)12-8-4-3-5-9-12/h3-10,17H,2,11H2,1H3. The number of benzene rings is 1. The lowest BCUT2D eigenvalue weighted by Crippen LogP contribution is -2.15. The maximum absolute atomic E-state index is 12.1. The summed E-state index contributed by atoms with van der Waals surface area (Å²) in [5.41, 5.74) is 0.581. The summed E-state index contributed by atoms with van der Waals surface area (Å²) < 4.78 is 10.4. The Bertz CT molecular complexity index is 567. The SMILES string of the molecule is CCOC(=O)C(C1=CC=CCO1)=C(O)c1ccccc1.